The number of furan rings is 1. The Hall–Kier alpha value is -3.46. The molecule has 0 saturated heterocycles. The minimum Gasteiger partial charge on any atom is -0.455 e. The average molecular weight is 406 g/mol. The minimum absolute atomic E-state index is 0.138. The van der Waals surface area contributed by atoms with Crippen molar-refractivity contribution in [2.24, 2.45) is 7.05 Å². The third-order valence-electron chi connectivity index (χ3n) is 6.91. The molecule has 0 radical (unpaired) electrons. The zero-order valence-electron chi connectivity index (χ0n) is 18.6. The molecule has 3 nitrogen and oxygen atoms in total. The quantitative estimate of drug-likeness (QED) is 0.302. The number of pyridine rings is 2. The highest BCUT2D eigenvalue weighted by Gasteiger charge is 2.37. The maximum atomic E-state index is 6.60. The molecule has 3 aromatic heterocycles. The summed E-state index contributed by atoms with van der Waals surface area (Å²) >= 11 is 0. The second-order valence-corrected chi connectivity index (χ2v) is 9.35. The molecule has 5 aromatic rings. The molecule has 6 rings (SSSR count). The van der Waals surface area contributed by atoms with Crippen LogP contribution in [0, 0.1) is 13.8 Å². The fourth-order valence-electron chi connectivity index (χ4n) is 5.21. The summed E-state index contributed by atoms with van der Waals surface area (Å²) in [5.74, 6) is 0. The fraction of sp³-hybridized carbons (Fsp3) is 0.214. The van der Waals surface area contributed by atoms with Gasteiger partial charge in [0.05, 0.1) is 11.3 Å². The van der Waals surface area contributed by atoms with E-state index in [1.807, 2.05) is 12.3 Å². The molecule has 0 spiro atoms. The molecule has 0 aliphatic heterocycles. The Balaban J connectivity index is 1.71. The molecule has 0 unspecified atom stereocenters. The van der Waals surface area contributed by atoms with E-state index in [1.54, 1.807) is 0 Å². The van der Waals surface area contributed by atoms with E-state index in [0.29, 0.717) is 0 Å². The van der Waals surface area contributed by atoms with E-state index in [1.165, 1.54) is 39.1 Å². The summed E-state index contributed by atoms with van der Waals surface area (Å²) in [6.45, 7) is 8.80. The zero-order valence-corrected chi connectivity index (χ0v) is 18.6. The van der Waals surface area contributed by atoms with E-state index in [2.05, 4.69) is 88.0 Å². The average Bonchev–Trinajstić information content (AvgIpc) is 3.22. The standard InChI is InChI=1S/C28H25N2O/c1-16-10-12-30(5)23(13-16)25-17(2)8-9-18-21-14-20-19-7-6-11-29-27(19)28(3,4)22(20)15-24(21)31-26(18)25/h6-15H,1-5H3/q+1. The van der Waals surface area contributed by atoms with Gasteiger partial charge in [0.1, 0.15) is 18.2 Å². The maximum Gasteiger partial charge on any atom is 0.216 e. The second kappa shape index (κ2) is 6.04. The van der Waals surface area contributed by atoms with Gasteiger partial charge in [-0.3, -0.25) is 4.98 Å². The summed E-state index contributed by atoms with van der Waals surface area (Å²) in [4.78, 5) is 4.71. The summed E-state index contributed by atoms with van der Waals surface area (Å²) < 4.78 is 8.77. The molecule has 1 aliphatic carbocycles. The topological polar surface area (TPSA) is 29.9 Å². The minimum atomic E-state index is -0.138. The number of fused-ring (bicyclic) bond motifs is 6. The first-order valence-electron chi connectivity index (χ1n) is 10.8. The number of aromatic nitrogens is 2. The number of aryl methyl sites for hydroxylation is 3. The van der Waals surface area contributed by atoms with Gasteiger partial charge in [0.25, 0.3) is 0 Å². The molecule has 31 heavy (non-hydrogen) atoms. The molecule has 0 fully saturated rings. The van der Waals surface area contributed by atoms with Gasteiger partial charge in [-0.1, -0.05) is 32.0 Å². The first kappa shape index (κ1) is 18.3. The van der Waals surface area contributed by atoms with E-state index >= 15 is 0 Å². The molecule has 0 N–H and O–H groups in total. The van der Waals surface area contributed by atoms with Crippen molar-refractivity contribution in [1.29, 1.82) is 0 Å². The lowest BCUT2D eigenvalue weighted by atomic mass is 9.85. The van der Waals surface area contributed by atoms with Crippen LogP contribution in [0.4, 0.5) is 0 Å². The van der Waals surface area contributed by atoms with E-state index in [4.69, 9.17) is 9.40 Å². The highest BCUT2D eigenvalue weighted by Crippen LogP contribution is 2.50. The fourth-order valence-corrected chi connectivity index (χ4v) is 5.21. The van der Waals surface area contributed by atoms with Crippen molar-refractivity contribution in [3.63, 3.8) is 0 Å². The molecule has 0 atom stereocenters. The van der Waals surface area contributed by atoms with Crippen molar-refractivity contribution >= 4 is 21.9 Å². The van der Waals surface area contributed by atoms with Gasteiger partial charge < -0.3 is 4.42 Å². The Morgan fingerprint density at radius 2 is 1.77 bits per heavy atom. The Morgan fingerprint density at radius 3 is 2.61 bits per heavy atom. The molecule has 0 saturated carbocycles. The maximum absolute atomic E-state index is 6.60. The number of rotatable bonds is 1. The summed E-state index contributed by atoms with van der Waals surface area (Å²) in [5.41, 5.74) is 11.5. The van der Waals surface area contributed by atoms with Crippen LogP contribution in [0.25, 0.3) is 44.3 Å². The van der Waals surface area contributed by atoms with E-state index in [-0.39, 0.29) is 5.41 Å². The highest BCUT2D eigenvalue weighted by atomic mass is 16.3. The molecule has 0 bridgehead atoms. The molecule has 2 aromatic carbocycles. The van der Waals surface area contributed by atoms with E-state index in [0.717, 1.165) is 27.6 Å². The van der Waals surface area contributed by atoms with Gasteiger partial charge in [0.15, 0.2) is 6.20 Å². The van der Waals surface area contributed by atoms with Crippen LogP contribution in [0.15, 0.2) is 65.3 Å². The number of hydrogen-bond acceptors (Lipinski definition) is 2. The lowest BCUT2D eigenvalue weighted by Gasteiger charge is -2.19. The van der Waals surface area contributed by atoms with Gasteiger partial charge >= 0.3 is 0 Å². The lowest BCUT2D eigenvalue weighted by Crippen LogP contribution is -2.30. The van der Waals surface area contributed by atoms with Gasteiger partial charge in [0.2, 0.25) is 5.69 Å². The first-order chi connectivity index (χ1) is 14.9. The SMILES string of the molecule is Cc1cc[n+](C)c(-c2c(C)ccc3c2oc2cc4c(cc23)-c2cccnc2C4(C)C)c1. The second-order valence-electron chi connectivity index (χ2n) is 9.35. The summed E-state index contributed by atoms with van der Waals surface area (Å²) in [6, 6.07) is 17.5. The van der Waals surface area contributed by atoms with Gasteiger partial charge in [-0.25, -0.2) is 4.57 Å². The zero-order chi connectivity index (χ0) is 21.5. The number of nitrogens with zero attached hydrogens (tertiary/aromatic N) is 2. The molecule has 3 heteroatoms. The van der Waals surface area contributed by atoms with Crippen molar-refractivity contribution in [2.45, 2.75) is 33.1 Å². The van der Waals surface area contributed by atoms with Crippen LogP contribution in [-0.2, 0) is 12.5 Å². The largest absolute Gasteiger partial charge is 0.455 e. The Morgan fingerprint density at radius 1 is 0.935 bits per heavy atom. The van der Waals surface area contributed by atoms with Crippen LogP contribution < -0.4 is 4.57 Å². The van der Waals surface area contributed by atoms with Crippen molar-refractivity contribution in [3.05, 3.63) is 83.3 Å². The molecule has 3 heterocycles. The number of hydrogen-bond donors (Lipinski definition) is 0. The van der Waals surface area contributed by atoms with Crippen LogP contribution in [0.3, 0.4) is 0 Å². The van der Waals surface area contributed by atoms with Crippen LogP contribution in [0.2, 0.25) is 0 Å². The molecular formula is C28H25N2O+. The summed E-state index contributed by atoms with van der Waals surface area (Å²) in [7, 11) is 2.09. The monoisotopic (exact) mass is 405 g/mol. The van der Waals surface area contributed by atoms with E-state index in [9.17, 15) is 0 Å². The Labute approximate surface area is 182 Å². The predicted molar refractivity (Wildman–Crippen MR) is 125 cm³/mol. The molecule has 152 valence electrons. The van der Waals surface area contributed by atoms with Gasteiger partial charge in [-0.05, 0) is 54.3 Å². The lowest BCUT2D eigenvalue weighted by molar-refractivity contribution is -0.660. The van der Waals surface area contributed by atoms with Crippen LogP contribution >= 0.6 is 0 Å². The third kappa shape index (κ3) is 2.40. The smallest absolute Gasteiger partial charge is 0.216 e. The van der Waals surface area contributed by atoms with Gasteiger partial charge in [-0.2, -0.15) is 0 Å². The molecule has 0 amide bonds. The van der Waals surface area contributed by atoms with Crippen molar-refractivity contribution in [1.82, 2.24) is 4.98 Å². The first-order valence-corrected chi connectivity index (χ1v) is 10.8. The third-order valence-corrected chi connectivity index (χ3v) is 6.91. The van der Waals surface area contributed by atoms with Crippen LogP contribution in [-0.4, -0.2) is 4.98 Å². The Bertz CT molecular complexity index is 1540. The highest BCUT2D eigenvalue weighted by molar-refractivity contribution is 6.11. The van der Waals surface area contributed by atoms with E-state index < -0.39 is 0 Å². The molecule has 1 aliphatic rings. The van der Waals surface area contributed by atoms with Crippen molar-refractivity contribution < 1.29 is 8.98 Å². The summed E-state index contributed by atoms with van der Waals surface area (Å²) in [5, 5.41) is 2.33. The van der Waals surface area contributed by atoms with Gasteiger partial charge in [0, 0.05) is 40.1 Å². The summed E-state index contributed by atoms with van der Waals surface area (Å²) in [6.07, 6.45) is 4.01. The van der Waals surface area contributed by atoms with Crippen molar-refractivity contribution in [3.8, 4) is 22.4 Å². The normalized spacial score (nSPS) is 14.2. The predicted octanol–water partition coefficient (Wildman–Crippen LogP) is 6.40. The van der Waals surface area contributed by atoms with Crippen molar-refractivity contribution in [2.75, 3.05) is 0 Å². The van der Waals surface area contributed by atoms with Gasteiger partial charge in [-0.15, -0.1) is 0 Å². The van der Waals surface area contributed by atoms with Crippen LogP contribution in [0.1, 0.15) is 36.2 Å². The van der Waals surface area contributed by atoms with Crippen LogP contribution in [0.5, 0.6) is 0 Å². The molecular weight excluding hydrogens is 380 g/mol. The Kier molecular flexibility index (Phi) is 3.57. The number of benzene rings is 2.